The van der Waals surface area contributed by atoms with Crippen molar-refractivity contribution in [3.05, 3.63) is 52.6 Å². The summed E-state index contributed by atoms with van der Waals surface area (Å²) in [5.74, 6) is 0.792. The molecule has 0 fully saturated rings. The van der Waals surface area contributed by atoms with Crippen LogP contribution in [0.1, 0.15) is 22.3 Å². The number of aromatic amines is 1. The summed E-state index contributed by atoms with van der Waals surface area (Å²) in [5.41, 5.74) is 8.17. The Morgan fingerprint density at radius 2 is 1.60 bits per heavy atom. The van der Waals surface area contributed by atoms with Crippen LogP contribution in [0.3, 0.4) is 0 Å². The van der Waals surface area contributed by atoms with E-state index in [4.69, 9.17) is 0 Å². The average molecular weight is 265 g/mol. The van der Waals surface area contributed by atoms with E-state index in [1.165, 1.54) is 22.3 Å². The second-order valence-electron chi connectivity index (χ2n) is 5.50. The summed E-state index contributed by atoms with van der Waals surface area (Å²) in [6.07, 6.45) is 0. The van der Waals surface area contributed by atoms with E-state index in [9.17, 15) is 0 Å². The molecule has 2 aromatic carbocycles. The molecular weight excluding hydrogens is 246 g/mol. The van der Waals surface area contributed by atoms with Crippen LogP contribution in [0, 0.1) is 27.7 Å². The second kappa shape index (κ2) is 4.67. The van der Waals surface area contributed by atoms with Gasteiger partial charge in [0.05, 0.1) is 11.0 Å². The number of aryl methyl sites for hydroxylation is 4. The molecule has 2 N–H and O–H groups in total. The highest BCUT2D eigenvalue weighted by Gasteiger charge is 2.07. The molecule has 3 nitrogen and oxygen atoms in total. The molecule has 20 heavy (non-hydrogen) atoms. The summed E-state index contributed by atoms with van der Waals surface area (Å²) < 4.78 is 0. The van der Waals surface area contributed by atoms with Gasteiger partial charge in [-0.15, -0.1) is 0 Å². The predicted molar refractivity (Wildman–Crippen MR) is 84.8 cm³/mol. The fourth-order valence-corrected chi connectivity index (χ4v) is 2.68. The van der Waals surface area contributed by atoms with Crippen molar-refractivity contribution in [2.24, 2.45) is 0 Å². The van der Waals surface area contributed by atoms with Gasteiger partial charge in [-0.1, -0.05) is 23.8 Å². The van der Waals surface area contributed by atoms with Crippen molar-refractivity contribution in [2.75, 3.05) is 5.32 Å². The van der Waals surface area contributed by atoms with Gasteiger partial charge >= 0.3 is 0 Å². The molecular formula is C17H19N3. The Bertz CT molecular complexity index is 761. The predicted octanol–water partition coefficient (Wildman–Crippen LogP) is 4.54. The molecule has 0 saturated carbocycles. The quantitative estimate of drug-likeness (QED) is 0.714. The number of fused-ring (bicyclic) bond motifs is 1. The molecule has 0 bridgehead atoms. The van der Waals surface area contributed by atoms with Crippen molar-refractivity contribution in [2.45, 2.75) is 27.7 Å². The van der Waals surface area contributed by atoms with Crippen molar-refractivity contribution >= 4 is 22.7 Å². The maximum absolute atomic E-state index is 4.59. The fraction of sp³-hybridized carbons (Fsp3) is 0.235. The Hall–Kier alpha value is -2.29. The van der Waals surface area contributed by atoms with Crippen molar-refractivity contribution in [1.82, 2.24) is 9.97 Å². The van der Waals surface area contributed by atoms with Gasteiger partial charge in [-0.2, -0.15) is 0 Å². The van der Waals surface area contributed by atoms with E-state index in [2.05, 4.69) is 67.2 Å². The van der Waals surface area contributed by atoms with Crippen LogP contribution in [0.25, 0.3) is 11.0 Å². The number of hydrogen-bond acceptors (Lipinski definition) is 2. The maximum atomic E-state index is 4.59. The van der Waals surface area contributed by atoms with Crippen molar-refractivity contribution in [3.8, 4) is 0 Å². The zero-order valence-corrected chi connectivity index (χ0v) is 12.3. The van der Waals surface area contributed by atoms with E-state index in [1.54, 1.807) is 0 Å². The van der Waals surface area contributed by atoms with Gasteiger partial charge in [-0.3, -0.25) is 0 Å². The first kappa shape index (κ1) is 12.7. The monoisotopic (exact) mass is 265 g/mol. The summed E-state index contributed by atoms with van der Waals surface area (Å²) >= 11 is 0. The van der Waals surface area contributed by atoms with Crippen molar-refractivity contribution in [3.63, 3.8) is 0 Å². The van der Waals surface area contributed by atoms with Crippen molar-refractivity contribution < 1.29 is 0 Å². The Morgan fingerprint density at radius 3 is 2.30 bits per heavy atom. The minimum absolute atomic E-state index is 0.792. The second-order valence-corrected chi connectivity index (χ2v) is 5.50. The van der Waals surface area contributed by atoms with Crippen LogP contribution < -0.4 is 5.32 Å². The zero-order chi connectivity index (χ0) is 14.3. The van der Waals surface area contributed by atoms with Gasteiger partial charge in [0.2, 0.25) is 5.95 Å². The van der Waals surface area contributed by atoms with Gasteiger partial charge in [0.25, 0.3) is 0 Å². The Kier molecular flexibility index (Phi) is 2.97. The summed E-state index contributed by atoms with van der Waals surface area (Å²) in [6.45, 7) is 8.44. The average Bonchev–Trinajstić information content (AvgIpc) is 2.75. The van der Waals surface area contributed by atoms with E-state index in [1.807, 2.05) is 6.07 Å². The summed E-state index contributed by atoms with van der Waals surface area (Å²) in [7, 11) is 0. The lowest BCUT2D eigenvalue weighted by molar-refractivity contribution is 1.26. The largest absolute Gasteiger partial charge is 0.325 e. The molecule has 0 aliphatic rings. The van der Waals surface area contributed by atoms with Crippen LogP contribution in [-0.2, 0) is 0 Å². The first-order chi connectivity index (χ1) is 9.52. The zero-order valence-electron chi connectivity index (χ0n) is 12.3. The van der Waals surface area contributed by atoms with Gasteiger partial charge in [0.15, 0.2) is 0 Å². The first-order valence-electron chi connectivity index (χ1n) is 6.84. The number of hydrogen-bond donors (Lipinski definition) is 2. The Balaban J connectivity index is 2.01. The van der Waals surface area contributed by atoms with Gasteiger partial charge in [0.1, 0.15) is 0 Å². The molecule has 3 rings (SSSR count). The molecule has 102 valence electrons. The number of benzene rings is 2. The lowest BCUT2D eigenvalue weighted by Gasteiger charge is -2.11. The number of nitrogens with zero attached hydrogens (tertiary/aromatic N) is 1. The Labute approximate surface area is 119 Å². The molecule has 3 heteroatoms. The molecule has 0 amide bonds. The number of nitrogens with one attached hydrogen (secondary N) is 2. The molecule has 3 aromatic rings. The topological polar surface area (TPSA) is 40.7 Å². The van der Waals surface area contributed by atoms with E-state index in [0.717, 1.165) is 22.7 Å². The van der Waals surface area contributed by atoms with Crippen LogP contribution in [0.4, 0.5) is 11.6 Å². The number of rotatable bonds is 2. The minimum atomic E-state index is 0.792. The van der Waals surface area contributed by atoms with Gasteiger partial charge in [0, 0.05) is 5.69 Å². The number of H-pyrrole nitrogens is 1. The smallest absolute Gasteiger partial charge is 0.205 e. The summed E-state index contributed by atoms with van der Waals surface area (Å²) in [5, 5.41) is 3.41. The van der Waals surface area contributed by atoms with E-state index in [0.29, 0.717) is 0 Å². The maximum Gasteiger partial charge on any atom is 0.205 e. The van der Waals surface area contributed by atoms with Gasteiger partial charge < -0.3 is 10.3 Å². The van der Waals surface area contributed by atoms with Crippen LogP contribution in [-0.4, -0.2) is 9.97 Å². The minimum Gasteiger partial charge on any atom is -0.325 e. The lowest BCUT2D eigenvalue weighted by atomic mass is 10.1. The number of imidazole rings is 1. The molecule has 0 unspecified atom stereocenters. The van der Waals surface area contributed by atoms with Crippen LogP contribution in [0.15, 0.2) is 30.3 Å². The van der Waals surface area contributed by atoms with Crippen molar-refractivity contribution in [1.29, 1.82) is 0 Å². The molecule has 0 saturated heterocycles. The summed E-state index contributed by atoms with van der Waals surface area (Å²) in [4.78, 5) is 7.92. The van der Waals surface area contributed by atoms with E-state index >= 15 is 0 Å². The molecule has 0 radical (unpaired) electrons. The van der Waals surface area contributed by atoms with Crippen LogP contribution in [0.2, 0.25) is 0 Å². The molecule has 1 heterocycles. The molecule has 0 aliphatic heterocycles. The summed E-state index contributed by atoms with van der Waals surface area (Å²) in [6, 6.07) is 10.6. The van der Waals surface area contributed by atoms with Gasteiger partial charge in [-0.05, 0) is 56.5 Å². The van der Waals surface area contributed by atoms with E-state index in [-0.39, 0.29) is 0 Å². The standard InChI is InChI=1S/C17H19N3/c1-10-5-6-14-15(9-10)19-17(18-14)20-16-12(3)7-11(2)8-13(16)4/h5-9H,1-4H3,(H2,18,19,20). The third-order valence-corrected chi connectivity index (χ3v) is 3.56. The SMILES string of the molecule is Cc1cc(C)c(Nc2nc3ccc(C)cc3[nH]2)c(C)c1. The molecule has 0 aliphatic carbocycles. The van der Waals surface area contributed by atoms with Gasteiger partial charge in [-0.25, -0.2) is 4.98 Å². The fourth-order valence-electron chi connectivity index (χ4n) is 2.68. The highest BCUT2D eigenvalue weighted by atomic mass is 15.1. The number of anilines is 2. The Morgan fingerprint density at radius 1 is 0.900 bits per heavy atom. The van der Waals surface area contributed by atoms with Crippen LogP contribution in [0.5, 0.6) is 0 Å². The highest BCUT2D eigenvalue weighted by Crippen LogP contribution is 2.26. The highest BCUT2D eigenvalue weighted by molar-refractivity contribution is 5.79. The first-order valence-corrected chi connectivity index (χ1v) is 6.84. The third kappa shape index (κ3) is 2.27. The molecule has 0 spiro atoms. The molecule has 0 atom stereocenters. The third-order valence-electron chi connectivity index (χ3n) is 3.56. The number of aromatic nitrogens is 2. The van der Waals surface area contributed by atoms with E-state index < -0.39 is 0 Å². The molecule has 1 aromatic heterocycles. The lowest BCUT2D eigenvalue weighted by Crippen LogP contribution is -1.98. The van der Waals surface area contributed by atoms with Crippen LogP contribution >= 0.6 is 0 Å². The normalized spacial score (nSPS) is 11.0.